The lowest BCUT2D eigenvalue weighted by molar-refractivity contribution is -0.129. The summed E-state index contributed by atoms with van der Waals surface area (Å²) in [7, 11) is 0. The molecule has 1 aromatic rings. The second kappa shape index (κ2) is 6.98. The molecule has 3 heterocycles. The predicted molar refractivity (Wildman–Crippen MR) is 94.9 cm³/mol. The average Bonchev–Trinajstić information content (AvgIpc) is 2.68. The van der Waals surface area contributed by atoms with Gasteiger partial charge in [-0.3, -0.25) is 4.79 Å². The molecule has 4 nitrogen and oxygen atoms in total. The number of para-hydroxylation sites is 1. The maximum Gasteiger partial charge on any atom is 0.253 e. The van der Waals surface area contributed by atoms with Crippen LogP contribution in [0.1, 0.15) is 37.7 Å². The van der Waals surface area contributed by atoms with Crippen molar-refractivity contribution in [1.82, 2.24) is 9.80 Å². The van der Waals surface area contributed by atoms with Crippen molar-refractivity contribution in [2.24, 2.45) is 0 Å². The Kier molecular flexibility index (Phi) is 4.56. The van der Waals surface area contributed by atoms with E-state index in [0.717, 1.165) is 42.8 Å². The van der Waals surface area contributed by atoms with Gasteiger partial charge in [-0.25, -0.2) is 0 Å². The molecule has 0 atom stereocenters. The lowest BCUT2D eigenvalue weighted by atomic mass is 9.99. The molecule has 24 heavy (non-hydrogen) atoms. The van der Waals surface area contributed by atoms with Crippen molar-refractivity contribution in [3.05, 3.63) is 35.4 Å². The normalized spacial score (nSPS) is 22.5. The minimum atomic E-state index is 0.154. The third-order valence-corrected chi connectivity index (χ3v) is 5.57. The van der Waals surface area contributed by atoms with Gasteiger partial charge in [0, 0.05) is 24.7 Å². The fraction of sp³-hybridized carbons (Fsp3) is 0.550. The van der Waals surface area contributed by atoms with E-state index in [9.17, 15) is 4.79 Å². The SMILES string of the molecule is O=C(C1=Cc2ccccc2OC1)N1CCC(N2CCCCC2)CC1. The number of piperidine rings is 2. The molecular formula is C20H26N2O2. The number of ether oxygens (including phenoxy) is 1. The number of carbonyl (C=O) groups is 1. The van der Waals surface area contributed by atoms with Gasteiger partial charge in [0.1, 0.15) is 12.4 Å². The minimum absolute atomic E-state index is 0.154. The molecule has 4 heteroatoms. The summed E-state index contributed by atoms with van der Waals surface area (Å²) in [6.07, 6.45) is 8.26. The zero-order chi connectivity index (χ0) is 16.4. The summed E-state index contributed by atoms with van der Waals surface area (Å²) in [6.45, 7) is 4.63. The number of hydrogen-bond acceptors (Lipinski definition) is 3. The summed E-state index contributed by atoms with van der Waals surface area (Å²) < 4.78 is 5.74. The Morgan fingerprint density at radius 3 is 2.54 bits per heavy atom. The van der Waals surface area contributed by atoms with Gasteiger partial charge in [-0.1, -0.05) is 24.6 Å². The Morgan fingerprint density at radius 1 is 1.00 bits per heavy atom. The van der Waals surface area contributed by atoms with E-state index in [-0.39, 0.29) is 5.91 Å². The lowest BCUT2D eigenvalue weighted by Gasteiger charge is -2.40. The Bertz CT molecular complexity index is 626. The Morgan fingerprint density at radius 2 is 1.75 bits per heavy atom. The molecule has 0 saturated carbocycles. The van der Waals surface area contributed by atoms with Gasteiger partial charge in [-0.15, -0.1) is 0 Å². The fourth-order valence-corrected chi connectivity index (χ4v) is 4.16. The van der Waals surface area contributed by atoms with Crippen molar-refractivity contribution in [1.29, 1.82) is 0 Å². The van der Waals surface area contributed by atoms with Crippen molar-refractivity contribution in [3.63, 3.8) is 0 Å². The number of amides is 1. The van der Waals surface area contributed by atoms with Crippen molar-refractivity contribution >= 4 is 12.0 Å². The summed E-state index contributed by atoms with van der Waals surface area (Å²) in [5, 5.41) is 0. The largest absolute Gasteiger partial charge is 0.488 e. The third-order valence-electron chi connectivity index (χ3n) is 5.57. The van der Waals surface area contributed by atoms with Crippen LogP contribution in [-0.2, 0) is 4.79 Å². The van der Waals surface area contributed by atoms with Crippen LogP contribution in [0.25, 0.3) is 6.08 Å². The van der Waals surface area contributed by atoms with Gasteiger partial charge in [-0.2, -0.15) is 0 Å². The molecule has 4 rings (SSSR count). The van der Waals surface area contributed by atoms with Gasteiger partial charge in [0.25, 0.3) is 5.91 Å². The predicted octanol–water partition coefficient (Wildman–Crippen LogP) is 2.94. The Hall–Kier alpha value is -1.81. The van der Waals surface area contributed by atoms with E-state index < -0.39 is 0 Å². The highest BCUT2D eigenvalue weighted by molar-refractivity contribution is 5.99. The number of fused-ring (bicyclic) bond motifs is 1. The van der Waals surface area contributed by atoms with Crippen LogP contribution in [0.15, 0.2) is 29.8 Å². The van der Waals surface area contributed by atoms with E-state index in [1.807, 2.05) is 35.2 Å². The summed E-state index contributed by atoms with van der Waals surface area (Å²) in [6, 6.07) is 8.58. The first-order valence-corrected chi connectivity index (χ1v) is 9.27. The monoisotopic (exact) mass is 326 g/mol. The number of nitrogens with zero attached hydrogens (tertiary/aromatic N) is 2. The summed E-state index contributed by atoms with van der Waals surface area (Å²) >= 11 is 0. The lowest BCUT2D eigenvalue weighted by Crippen LogP contribution is -2.48. The van der Waals surface area contributed by atoms with E-state index in [4.69, 9.17) is 4.74 Å². The van der Waals surface area contributed by atoms with Gasteiger partial charge in [0.2, 0.25) is 0 Å². The van der Waals surface area contributed by atoms with Crippen molar-refractivity contribution in [2.45, 2.75) is 38.1 Å². The average molecular weight is 326 g/mol. The maximum atomic E-state index is 12.8. The molecule has 0 aromatic heterocycles. The van der Waals surface area contributed by atoms with Crippen LogP contribution in [0.4, 0.5) is 0 Å². The van der Waals surface area contributed by atoms with Gasteiger partial charge < -0.3 is 14.5 Å². The molecule has 0 unspecified atom stereocenters. The van der Waals surface area contributed by atoms with Crippen molar-refractivity contribution < 1.29 is 9.53 Å². The number of hydrogen-bond donors (Lipinski definition) is 0. The van der Waals surface area contributed by atoms with Gasteiger partial charge in [-0.05, 0) is 50.9 Å². The van der Waals surface area contributed by atoms with E-state index in [1.54, 1.807) is 0 Å². The molecule has 0 spiro atoms. The Balaban J connectivity index is 1.37. The second-order valence-electron chi connectivity index (χ2n) is 7.12. The summed E-state index contributed by atoms with van der Waals surface area (Å²) in [4.78, 5) is 17.5. The molecule has 0 aliphatic carbocycles. The quantitative estimate of drug-likeness (QED) is 0.838. The number of carbonyl (C=O) groups excluding carboxylic acids is 1. The molecule has 2 saturated heterocycles. The van der Waals surface area contributed by atoms with Crippen LogP contribution in [0.3, 0.4) is 0 Å². The molecule has 0 radical (unpaired) electrons. The number of likely N-dealkylation sites (tertiary alicyclic amines) is 2. The third kappa shape index (κ3) is 3.20. The van der Waals surface area contributed by atoms with Crippen LogP contribution in [-0.4, -0.2) is 54.5 Å². The fourth-order valence-electron chi connectivity index (χ4n) is 4.16. The highest BCUT2D eigenvalue weighted by Crippen LogP contribution is 2.27. The number of rotatable bonds is 2. The van der Waals surface area contributed by atoms with Crippen LogP contribution in [0.2, 0.25) is 0 Å². The molecule has 3 aliphatic heterocycles. The van der Waals surface area contributed by atoms with E-state index in [0.29, 0.717) is 12.6 Å². The zero-order valence-electron chi connectivity index (χ0n) is 14.2. The molecule has 1 aromatic carbocycles. The van der Waals surface area contributed by atoms with E-state index in [2.05, 4.69) is 4.90 Å². The van der Waals surface area contributed by atoms with Gasteiger partial charge in [0.15, 0.2) is 0 Å². The molecule has 2 fully saturated rings. The zero-order valence-corrected chi connectivity index (χ0v) is 14.2. The summed E-state index contributed by atoms with van der Waals surface area (Å²) in [5.41, 5.74) is 1.79. The molecule has 0 bridgehead atoms. The van der Waals surface area contributed by atoms with Crippen LogP contribution in [0, 0.1) is 0 Å². The van der Waals surface area contributed by atoms with Crippen molar-refractivity contribution in [2.75, 3.05) is 32.8 Å². The highest BCUT2D eigenvalue weighted by atomic mass is 16.5. The highest BCUT2D eigenvalue weighted by Gasteiger charge is 2.29. The maximum absolute atomic E-state index is 12.8. The molecule has 128 valence electrons. The molecular weight excluding hydrogens is 300 g/mol. The second-order valence-corrected chi connectivity index (χ2v) is 7.12. The minimum Gasteiger partial charge on any atom is -0.488 e. The first-order chi connectivity index (χ1) is 11.8. The van der Waals surface area contributed by atoms with Crippen LogP contribution < -0.4 is 4.74 Å². The molecule has 1 amide bonds. The number of benzene rings is 1. The molecule has 3 aliphatic rings. The standard InChI is InChI=1S/C20H26N2O2/c23-20(17-14-16-6-2-3-7-19(16)24-15-17)22-12-8-18(9-13-22)21-10-4-1-5-11-21/h2-3,6-7,14,18H,1,4-5,8-13,15H2. The summed E-state index contributed by atoms with van der Waals surface area (Å²) in [5.74, 6) is 1.03. The van der Waals surface area contributed by atoms with Gasteiger partial charge in [0.05, 0.1) is 5.57 Å². The van der Waals surface area contributed by atoms with E-state index in [1.165, 1.54) is 32.4 Å². The van der Waals surface area contributed by atoms with Crippen LogP contribution >= 0.6 is 0 Å². The van der Waals surface area contributed by atoms with Crippen molar-refractivity contribution in [3.8, 4) is 5.75 Å². The topological polar surface area (TPSA) is 32.8 Å². The molecule has 0 N–H and O–H groups in total. The van der Waals surface area contributed by atoms with E-state index >= 15 is 0 Å². The Labute approximate surface area is 144 Å². The smallest absolute Gasteiger partial charge is 0.253 e. The first-order valence-electron chi connectivity index (χ1n) is 9.27. The first kappa shape index (κ1) is 15.7. The van der Waals surface area contributed by atoms with Crippen LogP contribution in [0.5, 0.6) is 5.75 Å². The van der Waals surface area contributed by atoms with Gasteiger partial charge >= 0.3 is 0 Å².